The van der Waals surface area contributed by atoms with Gasteiger partial charge in [-0.05, 0) is 13.8 Å². The normalized spacial score (nSPS) is 14.7. The van der Waals surface area contributed by atoms with Gasteiger partial charge in [0.2, 0.25) is 0 Å². The van der Waals surface area contributed by atoms with E-state index in [1.54, 1.807) is 0 Å². The molecular formula is C8H7F9O2. The zero-order chi connectivity index (χ0) is 15.9. The average Bonchev–Trinajstić information content (AvgIpc) is 1.91. The molecule has 0 amide bonds. The molecule has 0 rings (SSSR count). The van der Waals surface area contributed by atoms with Crippen molar-refractivity contribution in [3.8, 4) is 0 Å². The maximum absolute atomic E-state index is 12.3. The van der Waals surface area contributed by atoms with E-state index >= 15 is 0 Å². The topological polar surface area (TPSA) is 26.3 Å². The molecule has 0 fully saturated rings. The van der Waals surface area contributed by atoms with Crippen LogP contribution in [-0.2, 0) is 9.53 Å². The Morgan fingerprint density at radius 3 is 1.21 bits per heavy atom. The Morgan fingerprint density at radius 2 is 1.05 bits per heavy atom. The first kappa shape index (κ1) is 17.8. The van der Waals surface area contributed by atoms with Crippen molar-refractivity contribution in [2.75, 3.05) is 0 Å². The van der Waals surface area contributed by atoms with Gasteiger partial charge in [0.05, 0.1) is 6.10 Å². The summed E-state index contributed by atoms with van der Waals surface area (Å²) in [5, 5.41) is 0. The van der Waals surface area contributed by atoms with Gasteiger partial charge in [-0.25, -0.2) is 0 Å². The van der Waals surface area contributed by atoms with Crippen molar-refractivity contribution in [3.05, 3.63) is 0 Å². The first-order valence-corrected chi connectivity index (χ1v) is 4.50. The number of carbonyl (C=O) groups is 1. The Labute approximate surface area is 100 Å². The van der Waals surface area contributed by atoms with Gasteiger partial charge in [-0.15, -0.1) is 0 Å². The van der Waals surface area contributed by atoms with Crippen molar-refractivity contribution in [2.24, 2.45) is 5.41 Å². The van der Waals surface area contributed by atoms with Crippen molar-refractivity contribution in [3.63, 3.8) is 0 Å². The molecule has 0 aromatic carbocycles. The summed E-state index contributed by atoms with van der Waals surface area (Å²) in [6, 6.07) is 0. The molecule has 0 N–H and O–H groups in total. The van der Waals surface area contributed by atoms with E-state index in [1.807, 2.05) is 0 Å². The monoisotopic (exact) mass is 306 g/mol. The Bertz CT molecular complexity index is 300. The fraction of sp³-hybridized carbons (Fsp3) is 0.875. The second-order valence-electron chi connectivity index (χ2n) is 3.70. The predicted molar refractivity (Wildman–Crippen MR) is 41.8 cm³/mol. The summed E-state index contributed by atoms with van der Waals surface area (Å²) in [5.41, 5.74) is -6.56. The van der Waals surface area contributed by atoms with Crippen LogP contribution < -0.4 is 0 Å². The van der Waals surface area contributed by atoms with Gasteiger partial charge in [0, 0.05) is 0 Å². The highest BCUT2D eigenvalue weighted by atomic mass is 19.4. The molecule has 0 bridgehead atoms. The molecule has 2 nitrogen and oxygen atoms in total. The van der Waals surface area contributed by atoms with Gasteiger partial charge in [0.1, 0.15) is 0 Å². The number of hydrogen-bond donors (Lipinski definition) is 0. The Hall–Kier alpha value is -1.16. The second kappa shape index (κ2) is 4.75. The van der Waals surface area contributed by atoms with Gasteiger partial charge in [0.25, 0.3) is 0 Å². The van der Waals surface area contributed by atoms with Crippen LogP contribution in [0.1, 0.15) is 13.8 Å². The quantitative estimate of drug-likeness (QED) is 0.575. The van der Waals surface area contributed by atoms with Crippen LogP contribution in [0.25, 0.3) is 0 Å². The molecule has 19 heavy (non-hydrogen) atoms. The molecular weight excluding hydrogens is 299 g/mol. The van der Waals surface area contributed by atoms with E-state index in [-0.39, 0.29) is 0 Å². The van der Waals surface area contributed by atoms with Crippen LogP contribution in [0.2, 0.25) is 0 Å². The highest BCUT2D eigenvalue weighted by Crippen LogP contribution is 2.60. The summed E-state index contributed by atoms with van der Waals surface area (Å²) < 4.78 is 114. The van der Waals surface area contributed by atoms with Crippen LogP contribution >= 0.6 is 0 Å². The number of carbonyl (C=O) groups excluding carboxylic acids is 1. The third-order valence-corrected chi connectivity index (χ3v) is 1.92. The number of ether oxygens (including phenoxy) is 1. The SMILES string of the molecule is CC(C)OC(=O)C(C(F)(F)F)(C(F)(F)F)C(F)(F)F. The average molecular weight is 306 g/mol. The molecule has 0 unspecified atom stereocenters. The zero-order valence-electron chi connectivity index (χ0n) is 9.30. The molecule has 11 heteroatoms. The van der Waals surface area contributed by atoms with E-state index in [0.29, 0.717) is 0 Å². The van der Waals surface area contributed by atoms with Crippen molar-refractivity contribution >= 4 is 5.97 Å². The first-order valence-electron chi connectivity index (χ1n) is 4.50. The fourth-order valence-electron chi connectivity index (χ4n) is 1.13. The highest BCUT2D eigenvalue weighted by molar-refractivity contribution is 5.80. The molecule has 0 aliphatic heterocycles. The van der Waals surface area contributed by atoms with E-state index < -0.39 is 36.0 Å². The standard InChI is InChI=1S/C8H7F9O2/c1-3(2)19-4(18)5(6(9,10)11,7(12,13)14)8(15,16)17/h3H,1-2H3. The minimum absolute atomic E-state index is 0.811. The molecule has 0 heterocycles. The van der Waals surface area contributed by atoms with Crippen molar-refractivity contribution in [2.45, 2.75) is 38.5 Å². The van der Waals surface area contributed by atoms with Gasteiger partial charge in [0.15, 0.2) is 0 Å². The summed E-state index contributed by atoms with van der Waals surface area (Å²) >= 11 is 0. The molecule has 0 saturated carbocycles. The summed E-state index contributed by atoms with van der Waals surface area (Å²) in [4.78, 5) is 10.8. The fourth-order valence-corrected chi connectivity index (χ4v) is 1.13. The maximum Gasteiger partial charge on any atom is 0.422 e. The van der Waals surface area contributed by atoms with Crippen LogP contribution in [0.15, 0.2) is 0 Å². The van der Waals surface area contributed by atoms with Crippen molar-refractivity contribution in [1.82, 2.24) is 0 Å². The molecule has 114 valence electrons. The van der Waals surface area contributed by atoms with Crippen LogP contribution in [0.5, 0.6) is 0 Å². The zero-order valence-corrected chi connectivity index (χ0v) is 9.30. The summed E-state index contributed by atoms with van der Waals surface area (Å²) in [5.74, 6) is -3.45. The summed E-state index contributed by atoms with van der Waals surface area (Å²) in [7, 11) is 0. The minimum atomic E-state index is -6.94. The highest BCUT2D eigenvalue weighted by Gasteiger charge is 2.89. The molecule has 0 aliphatic carbocycles. The number of halogens is 9. The van der Waals surface area contributed by atoms with E-state index in [2.05, 4.69) is 4.74 Å². The number of hydrogen-bond acceptors (Lipinski definition) is 2. The molecule has 0 radical (unpaired) electrons. The Balaban J connectivity index is 6.20. The predicted octanol–water partition coefficient (Wildman–Crippen LogP) is 3.61. The van der Waals surface area contributed by atoms with E-state index in [4.69, 9.17) is 0 Å². The second-order valence-corrected chi connectivity index (χ2v) is 3.70. The van der Waals surface area contributed by atoms with E-state index in [9.17, 15) is 44.3 Å². The van der Waals surface area contributed by atoms with Gasteiger partial charge >= 0.3 is 29.9 Å². The Kier molecular flexibility index (Phi) is 4.46. The molecule has 0 atom stereocenters. The third-order valence-electron chi connectivity index (χ3n) is 1.92. The first-order chi connectivity index (χ1) is 8.09. The lowest BCUT2D eigenvalue weighted by molar-refractivity contribution is -0.412. The third kappa shape index (κ3) is 2.89. The lowest BCUT2D eigenvalue weighted by atomic mass is 9.85. The largest absolute Gasteiger partial charge is 0.462 e. The Morgan fingerprint density at radius 1 is 0.789 bits per heavy atom. The van der Waals surface area contributed by atoms with Gasteiger partial charge in [-0.2, -0.15) is 39.5 Å². The van der Waals surface area contributed by atoms with Crippen LogP contribution in [0.4, 0.5) is 39.5 Å². The van der Waals surface area contributed by atoms with Gasteiger partial charge in [-0.1, -0.05) is 0 Å². The van der Waals surface area contributed by atoms with E-state index in [0.717, 1.165) is 13.8 Å². The molecule has 0 saturated heterocycles. The van der Waals surface area contributed by atoms with Crippen molar-refractivity contribution in [1.29, 1.82) is 0 Å². The number of rotatable bonds is 2. The number of alkyl halides is 9. The molecule has 0 aromatic heterocycles. The van der Waals surface area contributed by atoms with Crippen LogP contribution in [0, 0.1) is 5.41 Å². The van der Waals surface area contributed by atoms with Crippen LogP contribution in [0.3, 0.4) is 0 Å². The molecule has 0 aromatic rings. The lowest BCUT2D eigenvalue weighted by Gasteiger charge is -2.36. The summed E-state index contributed by atoms with van der Waals surface area (Å²) in [6.45, 7) is 1.62. The molecule has 0 aliphatic rings. The van der Waals surface area contributed by atoms with Crippen LogP contribution in [-0.4, -0.2) is 30.6 Å². The maximum atomic E-state index is 12.3. The van der Waals surface area contributed by atoms with Gasteiger partial charge in [-0.3, -0.25) is 4.79 Å². The smallest absolute Gasteiger partial charge is 0.422 e. The van der Waals surface area contributed by atoms with Crippen molar-refractivity contribution < 1.29 is 49.0 Å². The molecule has 0 spiro atoms. The lowest BCUT2D eigenvalue weighted by Crippen LogP contribution is -2.65. The minimum Gasteiger partial charge on any atom is -0.462 e. The summed E-state index contributed by atoms with van der Waals surface area (Å²) in [6.07, 6.45) is -22.4. The van der Waals surface area contributed by atoms with Gasteiger partial charge < -0.3 is 4.74 Å². The van der Waals surface area contributed by atoms with E-state index in [1.165, 1.54) is 0 Å². The number of esters is 1.